The van der Waals surface area contributed by atoms with Gasteiger partial charge in [0.1, 0.15) is 11.6 Å². The fourth-order valence-corrected chi connectivity index (χ4v) is 3.26. The number of nitrogens with zero attached hydrogens (tertiary/aromatic N) is 3. The largest absolute Gasteiger partial charge is 0.417 e. The highest BCUT2D eigenvalue weighted by atomic mass is 19.4. The van der Waals surface area contributed by atoms with Crippen LogP contribution in [0.2, 0.25) is 0 Å². The number of hydrogen-bond acceptors (Lipinski definition) is 4. The molecule has 2 heterocycles. The average molecular weight is 424 g/mol. The lowest BCUT2D eigenvalue weighted by molar-refractivity contribution is -0.137. The van der Waals surface area contributed by atoms with Crippen LogP contribution in [0.1, 0.15) is 15.9 Å². The van der Waals surface area contributed by atoms with Gasteiger partial charge in [-0.25, -0.2) is 9.97 Å². The Morgan fingerprint density at radius 1 is 1.00 bits per heavy atom. The predicted molar refractivity (Wildman–Crippen MR) is 110 cm³/mol. The Labute approximate surface area is 174 Å². The highest BCUT2D eigenvalue weighted by Gasteiger charge is 2.34. The number of aromatic nitrogens is 3. The summed E-state index contributed by atoms with van der Waals surface area (Å²) in [5.41, 5.74) is -1.69. The first-order valence-corrected chi connectivity index (χ1v) is 9.16. The third-order valence-electron chi connectivity index (χ3n) is 4.73. The van der Waals surface area contributed by atoms with Gasteiger partial charge in [-0.2, -0.15) is 13.2 Å². The van der Waals surface area contributed by atoms with Gasteiger partial charge >= 0.3 is 6.18 Å². The average Bonchev–Trinajstić information content (AvgIpc) is 2.76. The molecule has 0 radical (unpaired) electrons. The summed E-state index contributed by atoms with van der Waals surface area (Å²) in [7, 11) is 1.35. The minimum atomic E-state index is -4.64. The van der Waals surface area contributed by atoms with Crippen LogP contribution in [0.25, 0.3) is 22.3 Å². The molecule has 0 fully saturated rings. The molecule has 4 rings (SSSR count). The summed E-state index contributed by atoms with van der Waals surface area (Å²) < 4.78 is 41.7. The number of amides is 1. The molecular weight excluding hydrogens is 409 g/mol. The molecule has 31 heavy (non-hydrogen) atoms. The molecule has 4 aromatic rings. The van der Waals surface area contributed by atoms with Crippen molar-refractivity contribution < 1.29 is 18.0 Å². The van der Waals surface area contributed by atoms with Crippen molar-refractivity contribution in [1.82, 2.24) is 14.5 Å². The Morgan fingerprint density at radius 3 is 2.45 bits per heavy atom. The molecule has 9 heteroatoms. The summed E-state index contributed by atoms with van der Waals surface area (Å²) in [5, 5.41) is 2.72. The van der Waals surface area contributed by atoms with Crippen molar-refractivity contribution >= 4 is 22.6 Å². The van der Waals surface area contributed by atoms with Crippen molar-refractivity contribution in [3.8, 4) is 11.4 Å². The number of anilines is 1. The molecule has 0 aliphatic carbocycles. The van der Waals surface area contributed by atoms with Gasteiger partial charge < -0.3 is 5.32 Å². The summed E-state index contributed by atoms with van der Waals surface area (Å²) in [5.74, 6) is -0.486. The summed E-state index contributed by atoms with van der Waals surface area (Å²) >= 11 is 0. The topological polar surface area (TPSA) is 76.9 Å². The normalized spacial score (nSPS) is 11.5. The van der Waals surface area contributed by atoms with Crippen molar-refractivity contribution in [2.45, 2.75) is 6.18 Å². The van der Waals surface area contributed by atoms with E-state index in [0.717, 1.165) is 10.6 Å². The first kappa shape index (κ1) is 20.3. The molecule has 1 N–H and O–H groups in total. The molecule has 0 spiro atoms. The maximum atomic E-state index is 13.5. The second kappa shape index (κ2) is 7.67. The minimum Gasteiger partial charge on any atom is -0.306 e. The monoisotopic (exact) mass is 424 g/mol. The fourth-order valence-electron chi connectivity index (χ4n) is 3.26. The molecular formula is C22H15F3N4O2. The van der Waals surface area contributed by atoms with E-state index in [0.29, 0.717) is 0 Å². The van der Waals surface area contributed by atoms with E-state index in [4.69, 9.17) is 0 Å². The number of benzene rings is 2. The number of rotatable bonds is 3. The Bertz CT molecular complexity index is 1350. The molecule has 0 unspecified atom stereocenters. The third kappa shape index (κ3) is 3.77. The van der Waals surface area contributed by atoms with Crippen LogP contribution in [0.15, 0.2) is 71.7 Å². The number of carbonyl (C=O) groups is 1. The van der Waals surface area contributed by atoms with Gasteiger partial charge in [0.15, 0.2) is 0 Å². The molecule has 0 bridgehead atoms. The zero-order valence-corrected chi connectivity index (χ0v) is 16.1. The van der Waals surface area contributed by atoms with Crippen molar-refractivity contribution in [2.75, 3.05) is 5.32 Å². The summed E-state index contributed by atoms with van der Waals surface area (Å²) in [6.07, 6.45) is -3.14. The second-order valence-corrected chi connectivity index (χ2v) is 6.71. The van der Waals surface area contributed by atoms with E-state index in [1.807, 2.05) is 0 Å². The Kier molecular flexibility index (Phi) is 5.02. The highest BCUT2D eigenvalue weighted by molar-refractivity contribution is 6.11. The van der Waals surface area contributed by atoms with Gasteiger partial charge in [-0.05, 0) is 30.3 Å². The van der Waals surface area contributed by atoms with Gasteiger partial charge in [-0.1, -0.05) is 30.3 Å². The van der Waals surface area contributed by atoms with E-state index in [9.17, 15) is 22.8 Å². The first-order chi connectivity index (χ1) is 14.8. The lowest BCUT2D eigenvalue weighted by atomic mass is 10.0. The van der Waals surface area contributed by atoms with Crippen LogP contribution in [0, 0.1) is 0 Å². The van der Waals surface area contributed by atoms with Gasteiger partial charge in [-0.15, -0.1) is 0 Å². The van der Waals surface area contributed by atoms with Crippen molar-refractivity contribution in [1.29, 1.82) is 0 Å². The summed E-state index contributed by atoms with van der Waals surface area (Å²) in [6, 6.07) is 14.3. The number of halogens is 3. The van der Waals surface area contributed by atoms with Gasteiger partial charge in [-0.3, -0.25) is 14.2 Å². The van der Waals surface area contributed by atoms with Gasteiger partial charge in [0.2, 0.25) is 0 Å². The Balaban J connectivity index is 1.93. The van der Waals surface area contributed by atoms with E-state index in [2.05, 4.69) is 15.3 Å². The van der Waals surface area contributed by atoms with Crippen LogP contribution in [-0.2, 0) is 13.2 Å². The smallest absolute Gasteiger partial charge is 0.306 e. The SMILES string of the molecule is Cn1c(-c2ccccc2C(F)(F)F)nc2c(C(=O)Nc3ccccn3)cccc2c1=O. The zero-order chi connectivity index (χ0) is 22.2. The van der Waals surface area contributed by atoms with E-state index < -0.39 is 23.2 Å². The minimum absolute atomic E-state index is 0.00556. The first-order valence-electron chi connectivity index (χ1n) is 9.16. The Hall–Kier alpha value is -4.01. The second-order valence-electron chi connectivity index (χ2n) is 6.71. The summed E-state index contributed by atoms with van der Waals surface area (Å²) in [4.78, 5) is 34.1. The number of para-hydroxylation sites is 1. The maximum Gasteiger partial charge on any atom is 0.417 e. The van der Waals surface area contributed by atoms with Crippen molar-refractivity contribution in [3.63, 3.8) is 0 Å². The third-order valence-corrected chi connectivity index (χ3v) is 4.73. The van der Waals surface area contributed by atoms with Crippen molar-refractivity contribution in [2.24, 2.45) is 7.05 Å². The number of nitrogens with one attached hydrogen (secondary N) is 1. The number of alkyl halides is 3. The van der Waals surface area contributed by atoms with E-state index >= 15 is 0 Å². The molecule has 0 saturated carbocycles. The van der Waals surface area contributed by atoms with Crippen LogP contribution in [-0.4, -0.2) is 20.4 Å². The molecule has 6 nitrogen and oxygen atoms in total. The van der Waals surface area contributed by atoms with E-state index in [1.165, 1.54) is 49.6 Å². The van der Waals surface area contributed by atoms with E-state index in [-0.39, 0.29) is 33.7 Å². The van der Waals surface area contributed by atoms with Crippen LogP contribution in [0.4, 0.5) is 19.0 Å². The maximum absolute atomic E-state index is 13.5. The lowest BCUT2D eigenvalue weighted by Gasteiger charge is -2.16. The zero-order valence-electron chi connectivity index (χ0n) is 16.1. The predicted octanol–water partition coefficient (Wildman–Crippen LogP) is 4.27. The molecule has 0 atom stereocenters. The number of pyridine rings is 1. The van der Waals surface area contributed by atoms with Crippen LogP contribution in [0.5, 0.6) is 0 Å². The van der Waals surface area contributed by atoms with Crippen LogP contribution in [0.3, 0.4) is 0 Å². The standard InChI is InChI=1S/C22H15F3N4O2/c1-29-19(13-7-2-3-10-16(13)22(23,24)25)28-18-14(8-6-9-15(18)21(29)31)20(30)27-17-11-4-5-12-26-17/h2-12H,1H3,(H,26,27,30). The van der Waals surface area contributed by atoms with Gasteiger partial charge in [0.05, 0.1) is 22.0 Å². The molecule has 2 aromatic carbocycles. The van der Waals surface area contributed by atoms with E-state index in [1.54, 1.807) is 18.2 Å². The van der Waals surface area contributed by atoms with Gasteiger partial charge in [0, 0.05) is 18.8 Å². The molecule has 2 aromatic heterocycles. The molecule has 156 valence electrons. The number of fused-ring (bicyclic) bond motifs is 1. The molecule has 0 aliphatic rings. The van der Waals surface area contributed by atoms with Crippen LogP contribution < -0.4 is 10.9 Å². The molecule has 0 saturated heterocycles. The number of carbonyl (C=O) groups excluding carboxylic acids is 1. The highest BCUT2D eigenvalue weighted by Crippen LogP contribution is 2.36. The van der Waals surface area contributed by atoms with Crippen molar-refractivity contribution in [3.05, 3.63) is 88.3 Å². The molecule has 0 aliphatic heterocycles. The van der Waals surface area contributed by atoms with Gasteiger partial charge in [0.25, 0.3) is 11.5 Å². The lowest BCUT2D eigenvalue weighted by Crippen LogP contribution is -2.23. The number of hydrogen-bond donors (Lipinski definition) is 1. The summed E-state index contributed by atoms with van der Waals surface area (Å²) in [6.45, 7) is 0. The Morgan fingerprint density at radius 2 is 1.74 bits per heavy atom. The molecule has 1 amide bonds. The van der Waals surface area contributed by atoms with Crippen LogP contribution >= 0.6 is 0 Å². The fraction of sp³-hybridized carbons (Fsp3) is 0.0909. The quantitative estimate of drug-likeness (QED) is 0.533.